The number of unbranched alkanes of at least 4 members (excludes halogenated alkanes) is 2. The summed E-state index contributed by atoms with van der Waals surface area (Å²) in [5.74, 6) is -0.498. The average Bonchev–Trinajstić information content (AvgIpc) is 3.45. The van der Waals surface area contributed by atoms with Gasteiger partial charge in [-0.3, -0.25) is 14.6 Å². The number of nitrogens with zero attached hydrogens (tertiary/aromatic N) is 2. The van der Waals surface area contributed by atoms with Gasteiger partial charge in [0.2, 0.25) is 0 Å². The first-order chi connectivity index (χ1) is 16.1. The molecule has 1 aliphatic heterocycles. The highest BCUT2D eigenvalue weighted by molar-refractivity contribution is 6.46. The molecule has 1 amide bonds. The number of carbonyl (C=O) groups is 2. The number of likely N-dealkylation sites (tertiary alicyclic amines) is 1. The third-order valence-corrected chi connectivity index (χ3v) is 5.56. The molecule has 1 N–H and O–H groups in total. The molecule has 0 radical (unpaired) electrons. The molecule has 1 aliphatic rings. The van der Waals surface area contributed by atoms with E-state index < -0.39 is 17.7 Å². The standard InChI is InChI=1S/C26H26N2O5/c1-2-3-6-15-32-19-12-10-18(11-13-19)24(29)22-23(21-9-4-5-14-27-21)28(26(31)25(22)30)17-20-8-7-16-33-20/h4-5,7-14,16,23,29H,2-3,6,15,17H2,1H3/b24-22-. The van der Waals surface area contributed by atoms with Crippen molar-refractivity contribution in [3.05, 3.63) is 89.6 Å². The van der Waals surface area contributed by atoms with Gasteiger partial charge in [0.05, 0.1) is 30.7 Å². The summed E-state index contributed by atoms with van der Waals surface area (Å²) >= 11 is 0. The first-order valence-corrected chi connectivity index (χ1v) is 11.0. The number of Topliss-reactive ketones (excluding diaryl/α,β-unsaturated/α-hetero) is 1. The quantitative estimate of drug-likeness (QED) is 0.218. The molecular formula is C26H26N2O5. The predicted octanol–water partition coefficient (Wildman–Crippen LogP) is 4.87. The minimum Gasteiger partial charge on any atom is -0.507 e. The number of benzene rings is 1. The minimum atomic E-state index is -0.832. The van der Waals surface area contributed by atoms with Gasteiger partial charge >= 0.3 is 0 Å². The van der Waals surface area contributed by atoms with E-state index in [0.29, 0.717) is 29.4 Å². The van der Waals surface area contributed by atoms with Crippen LogP contribution in [0.5, 0.6) is 5.75 Å². The van der Waals surface area contributed by atoms with E-state index in [1.807, 2.05) is 0 Å². The van der Waals surface area contributed by atoms with Crippen LogP contribution in [0.2, 0.25) is 0 Å². The van der Waals surface area contributed by atoms with Gasteiger partial charge < -0.3 is 19.2 Å². The second-order valence-electron chi connectivity index (χ2n) is 7.84. The van der Waals surface area contributed by atoms with Gasteiger partial charge in [-0.1, -0.05) is 25.8 Å². The number of aromatic nitrogens is 1. The largest absolute Gasteiger partial charge is 0.507 e. The van der Waals surface area contributed by atoms with Crippen molar-refractivity contribution in [3.63, 3.8) is 0 Å². The molecule has 2 aromatic heterocycles. The Kier molecular flexibility index (Phi) is 6.88. The fourth-order valence-electron chi connectivity index (χ4n) is 3.87. The molecule has 1 unspecified atom stereocenters. The summed E-state index contributed by atoms with van der Waals surface area (Å²) in [6.07, 6.45) is 6.29. The van der Waals surface area contributed by atoms with Crippen molar-refractivity contribution in [3.8, 4) is 5.75 Å². The number of carbonyl (C=O) groups excluding carboxylic acids is 2. The first-order valence-electron chi connectivity index (χ1n) is 11.0. The van der Waals surface area contributed by atoms with Crippen molar-refractivity contribution >= 4 is 17.4 Å². The maximum absolute atomic E-state index is 13.0. The molecule has 1 atom stereocenters. The van der Waals surface area contributed by atoms with Crippen LogP contribution in [0.3, 0.4) is 0 Å². The van der Waals surface area contributed by atoms with Gasteiger partial charge in [0, 0.05) is 11.8 Å². The Morgan fingerprint density at radius 2 is 1.91 bits per heavy atom. The van der Waals surface area contributed by atoms with Gasteiger partial charge in [0.25, 0.3) is 11.7 Å². The molecular weight excluding hydrogens is 420 g/mol. The number of hydrogen-bond acceptors (Lipinski definition) is 6. The number of aliphatic hydroxyl groups is 1. The maximum Gasteiger partial charge on any atom is 0.296 e. The van der Waals surface area contributed by atoms with E-state index in [1.165, 1.54) is 11.2 Å². The summed E-state index contributed by atoms with van der Waals surface area (Å²) in [6, 6.07) is 14.7. The topological polar surface area (TPSA) is 92.9 Å². The highest BCUT2D eigenvalue weighted by Crippen LogP contribution is 2.39. The van der Waals surface area contributed by atoms with Gasteiger partial charge in [-0.25, -0.2) is 0 Å². The van der Waals surface area contributed by atoms with Crippen LogP contribution in [0.4, 0.5) is 0 Å². The Balaban J connectivity index is 1.67. The molecule has 1 fully saturated rings. The van der Waals surface area contributed by atoms with Crippen molar-refractivity contribution < 1.29 is 23.8 Å². The molecule has 1 aromatic carbocycles. The second kappa shape index (κ2) is 10.2. The summed E-state index contributed by atoms with van der Waals surface area (Å²) in [5, 5.41) is 11.1. The lowest BCUT2D eigenvalue weighted by Gasteiger charge is -2.23. The van der Waals surface area contributed by atoms with Gasteiger partial charge in [-0.05, 0) is 55.0 Å². The first kappa shape index (κ1) is 22.3. The molecule has 170 valence electrons. The highest BCUT2D eigenvalue weighted by atomic mass is 16.5. The lowest BCUT2D eigenvalue weighted by Crippen LogP contribution is -2.29. The van der Waals surface area contributed by atoms with Crippen LogP contribution in [0, 0.1) is 0 Å². The number of hydrogen-bond donors (Lipinski definition) is 1. The Morgan fingerprint density at radius 1 is 1.09 bits per heavy atom. The zero-order valence-corrected chi connectivity index (χ0v) is 18.4. The number of aliphatic hydroxyl groups excluding tert-OH is 1. The van der Waals surface area contributed by atoms with Crippen LogP contribution in [-0.4, -0.2) is 33.3 Å². The van der Waals surface area contributed by atoms with Gasteiger partial charge in [0.15, 0.2) is 0 Å². The van der Waals surface area contributed by atoms with Crippen LogP contribution >= 0.6 is 0 Å². The Morgan fingerprint density at radius 3 is 2.58 bits per heavy atom. The zero-order chi connectivity index (χ0) is 23.2. The van der Waals surface area contributed by atoms with E-state index in [4.69, 9.17) is 9.15 Å². The van der Waals surface area contributed by atoms with Crippen LogP contribution in [0.1, 0.15) is 49.2 Å². The van der Waals surface area contributed by atoms with E-state index >= 15 is 0 Å². The van der Waals surface area contributed by atoms with Crippen LogP contribution in [0.25, 0.3) is 5.76 Å². The lowest BCUT2D eigenvalue weighted by molar-refractivity contribution is -0.140. The smallest absolute Gasteiger partial charge is 0.296 e. The third kappa shape index (κ3) is 4.82. The number of ether oxygens (including phenoxy) is 1. The van der Waals surface area contributed by atoms with E-state index in [0.717, 1.165) is 19.3 Å². The fourth-order valence-corrected chi connectivity index (χ4v) is 3.87. The van der Waals surface area contributed by atoms with E-state index in [1.54, 1.807) is 60.8 Å². The average molecular weight is 447 g/mol. The van der Waals surface area contributed by atoms with Crippen molar-refractivity contribution in [2.45, 2.75) is 38.8 Å². The number of rotatable bonds is 9. The van der Waals surface area contributed by atoms with Crippen molar-refractivity contribution in [2.24, 2.45) is 0 Å². The van der Waals surface area contributed by atoms with Gasteiger partial charge in [0.1, 0.15) is 23.3 Å². The zero-order valence-electron chi connectivity index (χ0n) is 18.4. The summed E-state index contributed by atoms with van der Waals surface area (Å²) in [7, 11) is 0. The maximum atomic E-state index is 13.0. The third-order valence-electron chi connectivity index (χ3n) is 5.56. The van der Waals surface area contributed by atoms with Gasteiger partial charge in [-0.15, -0.1) is 0 Å². The molecule has 7 nitrogen and oxygen atoms in total. The molecule has 33 heavy (non-hydrogen) atoms. The highest BCUT2D eigenvalue weighted by Gasteiger charge is 2.47. The number of pyridine rings is 1. The molecule has 0 saturated carbocycles. The van der Waals surface area contributed by atoms with E-state index in [2.05, 4.69) is 11.9 Å². The summed E-state index contributed by atoms with van der Waals surface area (Å²) in [6.45, 7) is 2.84. The number of amides is 1. The van der Waals surface area contributed by atoms with Crippen molar-refractivity contribution in [2.75, 3.05) is 6.61 Å². The Bertz CT molecular complexity index is 1120. The van der Waals surface area contributed by atoms with Crippen molar-refractivity contribution in [1.29, 1.82) is 0 Å². The molecule has 1 saturated heterocycles. The molecule has 0 aliphatic carbocycles. The lowest BCUT2D eigenvalue weighted by atomic mass is 9.98. The number of furan rings is 1. The summed E-state index contributed by atoms with van der Waals surface area (Å²) < 4.78 is 11.1. The molecule has 7 heteroatoms. The van der Waals surface area contributed by atoms with Crippen molar-refractivity contribution in [1.82, 2.24) is 9.88 Å². The molecule has 0 bridgehead atoms. The molecule has 0 spiro atoms. The molecule has 3 heterocycles. The summed E-state index contributed by atoms with van der Waals surface area (Å²) in [4.78, 5) is 31.7. The van der Waals surface area contributed by atoms with E-state index in [9.17, 15) is 14.7 Å². The Labute approximate surface area is 192 Å². The van der Waals surface area contributed by atoms with Crippen LogP contribution in [0.15, 0.2) is 77.0 Å². The predicted molar refractivity (Wildman–Crippen MR) is 122 cm³/mol. The van der Waals surface area contributed by atoms with E-state index in [-0.39, 0.29) is 17.9 Å². The monoisotopic (exact) mass is 446 g/mol. The van der Waals surface area contributed by atoms with Gasteiger partial charge in [-0.2, -0.15) is 0 Å². The molecule has 3 aromatic rings. The Hall–Kier alpha value is -3.87. The van der Waals surface area contributed by atoms with Crippen LogP contribution < -0.4 is 4.74 Å². The normalized spacial score (nSPS) is 17.5. The minimum absolute atomic E-state index is 0.00173. The molecule has 4 rings (SSSR count). The summed E-state index contributed by atoms with van der Waals surface area (Å²) in [5.41, 5.74) is 0.912. The SMILES string of the molecule is CCCCCOc1ccc(/C(O)=C2/C(=O)C(=O)N(Cc3ccco3)C2c2ccccn2)cc1. The van der Waals surface area contributed by atoms with Crippen LogP contribution in [-0.2, 0) is 16.1 Å². The fraction of sp³-hybridized carbons (Fsp3) is 0.269. The second-order valence-corrected chi connectivity index (χ2v) is 7.84. The number of ketones is 1.